The van der Waals surface area contributed by atoms with E-state index in [9.17, 15) is 0 Å². The molecule has 3 heteroatoms. The van der Waals surface area contributed by atoms with Crippen LogP contribution in [-0.4, -0.2) is 18.4 Å². The molecule has 0 saturated carbocycles. The summed E-state index contributed by atoms with van der Waals surface area (Å²) in [7, 11) is 0. The van der Waals surface area contributed by atoms with E-state index in [2.05, 4.69) is 42.5 Å². The lowest BCUT2D eigenvalue weighted by Crippen LogP contribution is -2.27. The SMILES string of the molecule is NC(CSc1ccccc1)CC1CCOc2ccccc21. The van der Waals surface area contributed by atoms with Crippen molar-refractivity contribution >= 4 is 11.8 Å². The summed E-state index contributed by atoms with van der Waals surface area (Å²) in [5.74, 6) is 2.53. The third kappa shape index (κ3) is 3.80. The Kier molecular flexibility index (Phi) is 4.84. The van der Waals surface area contributed by atoms with Gasteiger partial charge in [0.25, 0.3) is 0 Å². The molecular weight excluding hydrogens is 278 g/mol. The normalized spacial score (nSPS) is 18.6. The summed E-state index contributed by atoms with van der Waals surface area (Å²) in [6.45, 7) is 0.806. The number of ether oxygens (including phenoxy) is 1. The first-order valence-corrected chi connectivity index (χ1v) is 8.46. The van der Waals surface area contributed by atoms with Crippen LogP contribution in [0.3, 0.4) is 0 Å². The minimum atomic E-state index is 0.214. The highest BCUT2D eigenvalue weighted by molar-refractivity contribution is 7.99. The Bertz CT molecular complexity index is 572. The summed E-state index contributed by atoms with van der Waals surface area (Å²) in [6, 6.07) is 19.0. The molecule has 2 N–H and O–H groups in total. The van der Waals surface area contributed by atoms with E-state index in [1.807, 2.05) is 23.9 Å². The molecule has 21 heavy (non-hydrogen) atoms. The van der Waals surface area contributed by atoms with Gasteiger partial charge in [-0.05, 0) is 42.5 Å². The van der Waals surface area contributed by atoms with Crippen molar-refractivity contribution in [2.75, 3.05) is 12.4 Å². The molecule has 0 spiro atoms. The zero-order valence-electron chi connectivity index (χ0n) is 12.1. The maximum absolute atomic E-state index is 6.35. The molecule has 1 aliphatic rings. The predicted molar refractivity (Wildman–Crippen MR) is 89.1 cm³/mol. The largest absolute Gasteiger partial charge is 0.493 e. The average Bonchev–Trinajstić information content (AvgIpc) is 2.54. The van der Waals surface area contributed by atoms with Crippen LogP contribution in [0.5, 0.6) is 5.75 Å². The minimum Gasteiger partial charge on any atom is -0.493 e. The Morgan fingerprint density at radius 1 is 1.10 bits per heavy atom. The van der Waals surface area contributed by atoms with Crippen molar-refractivity contribution in [3.05, 3.63) is 60.2 Å². The van der Waals surface area contributed by atoms with Crippen molar-refractivity contribution in [1.29, 1.82) is 0 Å². The summed E-state index contributed by atoms with van der Waals surface area (Å²) in [5.41, 5.74) is 7.67. The lowest BCUT2D eigenvalue weighted by molar-refractivity contribution is 0.260. The van der Waals surface area contributed by atoms with Crippen molar-refractivity contribution < 1.29 is 4.74 Å². The quantitative estimate of drug-likeness (QED) is 0.846. The smallest absolute Gasteiger partial charge is 0.122 e. The maximum atomic E-state index is 6.35. The number of benzene rings is 2. The Morgan fingerprint density at radius 3 is 2.71 bits per heavy atom. The fourth-order valence-corrected chi connectivity index (χ4v) is 3.71. The van der Waals surface area contributed by atoms with Crippen LogP contribution in [0.4, 0.5) is 0 Å². The van der Waals surface area contributed by atoms with E-state index < -0.39 is 0 Å². The highest BCUT2D eigenvalue weighted by Gasteiger charge is 2.22. The molecule has 2 aromatic carbocycles. The molecule has 2 nitrogen and oxygen atoms in total. The Hall–Kier alpha value is -1.45. The van der Waals surface area contributed by atoms with Crippen molar-refractivity contribution in [3.63, 3.8) is 0 Å². The van der Waals surface area contributed by atoms with Gasteiger partial charge in [-0.25, -0.2) is 0 Å². The number of para-hydroxylation sites is 1. The molecule has 0 aliphatic carbocycles. The van der Waals surface area contributed by atoms with Crippen LogP contribution in [-0.2, 0) is 0 Å². The molecule has 0 fully saturated rings. The standard InChI is InChI=1S/C18H21NOS/c19-15(13-21-16-6-2-1-3-7-16)12-14-10-11-20-18-9-5-4-8-17(14)18/h1-9,14-15H,10-13,19H2. The fraction of sp³-hybridized carbons (Fsp3) is 0.333. The first kappa shape index (κ1) is 14.5. The first-order chi connectivity index (χ1) is 10.3. The second-order valence-electron chi connectivity index (χ2n) is 5.49. The van der Waals surface area contributed by atoms with E-state index >= 15 is 0 Å². The lowest BCUT2D eigenvalue weighted by atomic mass is 9.88. The van der Waals surface area contributed by atoms with E-state index in [4.69, 9.17) is 10.5 Å². The Morgan fingerprint density at radius 2 is 1.86 bits per heavy atom. The second kappa shape index (κ2) is 7.01. The molecule has 3 rings (SSSR count). The second-order valence-corrected chi connectivity index (χ2v) is 6.59. The third-order valence-electron chi connectivity index (χ3n) is 3.88. The maximum Gasteiger partial charge on any atom is 0.122 e. The highest BCUT2D eigenvalue weighted by Crippen LogP contribution is 2.36. The van der Waals surface area contributed by atoms with Crippen molar-refractivity contribution in [1.82, 2.24) is 0 Å². The van der Waals surface area contributed by atoms with Gasteiger partial charge in [0.15, 0.2) is 0 Å². The van der Waals surface area contributed by atoms with Gasteiger partial charge < -0.3 is 10.5 Å². The third-order valence-corrected chi connectivity index (χ3v) is 5.08. The van der Waals surface area contributed by atoms with Gasteiger partial charge in [0.2, 0.25) is 0 Å². The van der Waals surface area contributed by atoms with Gasteiger partial charge in [-0.15, -0.1) is 11.8 Å². The van der Waals surface area contributed by atoms with Crippen molar-refractivity contribution in [2.24, 2.45) is 5.73 Å². The summed E-state index contributed by atoms with van der Waals surface area (Å²) < 4.78 is 5.72. The summed E-state index contributed by atoms with van der Waals surface area (Å²) in [5, 5.41) is 0. The van der Waals surface area contributed by atoms with Crippen LogP contribution in [0.25, 0.3) is 0 Å². The van der Waals surface area contributed by atoms with Gasteiger partial charge in [-0.3, -0.25) is 0 Å². The predicted octanol–water partition coefficient (Wildman–Crippen LogP) is 4.06. The molecule has 0 aromatic heterocycles. The van der Waals surface area contributed by atoms with Gasteiger partial charge in [-0.1, -0.05) is 36.4 Å². The monoisotopic (exact) mass is 299 g/mol. The zero-order chi connectivity index (χ0) is 14.5. The molecular formula is C18H21NOS. The highest BCUT2D eigenvalue weighted by atomic mass is 32.2. The number of nitrogens with two attached hydrogens (primary N) is 1. The summed E-state index contributed by atoms with van der Waals surface area (Å²) in [6.07, 6.45) is 2.10. The van der Waals surface area contributed by atoms with E-state index in [0.29, 0.717) is 5.92 Å². The molecule has 0 bridgehead atoms. The van der Waals surface area contributed by atoms with Gasteiger partial charge >= 0.3 is 0 Å². The number of hydrogen-bond acceptors (Lipinski definition) is 3. The Labute approximate surface area is 130 Å². The lowest BCUT2D eigenvalue weighted by Gasteiger charge is -2.27. The molecule has 0 amide bonds. The van der Waals surface area contributed by atoms with Crippen LogP contribution < -0.4 is 10.5 Å². The zero-order valence-corrected chi connectivity index (χ0v) is 12.9. The number of hydrogen-bond donors (Lipinski definition) is 1. The van der Waals surface area contributed by atoms with Crippen LogP contribution in [0.1, 0.15) is 24.3 Å². The summed E-state index contributed by atoms with van der Waals surface area (Å²) >= 11 is 1.84. The molecule has 2 atom stereocenters. The van der Waals surface area contributed by atoms with Crippen molar-refractivity contribution in [3.8, 4) is 5.75 Å². The van der Waals surface area contributed by atoms with Gasteiger partial charge in [0, 0.05) is 16.7 Å². The number of thioether (sulfide) groups is 1. The van der Waals surface area contributed by atoms with Crippen LogP contribution in [0, 0.1) is 0 Å². The van der Waals surface area contributed by atoms with E-state index in [1.54, 1.807) is 0 Å². The molecule has 1 heterocycles. The van der Waals surface area contributed by atoms with E-state index in [-0.39, 0.29) is 6.04 Å². The van der Waals surface area contributed by atoms with E-state index in [0.717, 1.165) is 31.0 Å². The van der Waals surface area contributed by atoms with Gasteiger partial charge in [0.1, 0.15) is 5.75 Å². The van der Waals surface area contributed by atoms with E-state index in [1.165, 1.54) is 10.5 Å². The molecule has 110 valence electrons. The van der Waals surface area contributed by atoms with Gasteiger partial charge in [-0.2, -0.15) is 0 Å². The minimum absolute atomic E-state index is 0.214. The fourth-order valence-electron chi connectivity index (χ4n) is 2.81. The van der Waals surface area contributed by atoms with Gasteiger partial charge in [0.05, 0.1) is 6.61 Å². The topological polar surface area (TPSA) is 35.2 Å². The van der Waals surface area contributed by atoms with Crippen LogP contribution in [0.2, 0.25) is 0 Å². The molecule has 2 aromatic rings. The van der Waals surface area contributed by atoms with Crippen LogP contribution >= 0.6 is 11.8 Å². The number of fused-ring (bicyclic) bond motifs is 1. The molecule has 0 radical (unpaired) electrons. The number of rotatable bonds is 5. The molecule has 1 aliphatic heterocycles. The van der Waals surface area contributed by atoms with Crippen LogP contribution in [0.15, 0.2) is 59.5 Å². The molecule has 0 saturated heterocycles. The van der Waals surface area contributed by atoms with Crippen molar-refractivity contribution in [2.45, 2.75) is 29.7 Å². The molecule has 2 unspecified atom stereocenters. The first-order valence-electron chi connectivity index (χ1n) is 7.48. The average molecular weight is 299 g/mol. The summed E-state index contributed by atoms with van der Waals surface area (Å²) in [4.78, 5) is 1.29. The Balaban J connectivity index is 1.57.